The third kappa shape index (κ3) is 5.01. The molecule has 0 aliphatic carbocycles. The molecule has 0 bridgehead atoms. The van der Waals surface area contributed by atoms with Gasteiger partial charge in [-0.3, -0.25) is 4.79 Å². The van der Waals surface area contributed by atoms with Gasteiger partial charge in [0.2, 0.25) is 5.91 Å². The average Bonchev–Trinajstić information content (AvgIpc) is 3.09. The minimum Gasteiger partial charge on any atom is -0.490 e. The molecule has 2 N–H and O–H groups in total. The van der Waals surface area contributed by atoms with Gasteiger partial charge in [-0.15, -0.1) is 0 Å². The molecule has 1 aliphatic heterocycles. The van der Waals surface area contributed by atoms with Gasteiger partial charge in [0.05, 0.1) is 13.2 Å². The molecule has 0 aromatic heterocycles. The summed E-state index contributed by atoms with van der Waals surface area (Å²) >= 11 is 0. The third-order valence-corrected chi connectivity index (χ3v) is 4.89. The predicted octanol–water partition coefficient (Wildman–Crippen LogP) is 3.20. The number of carbonyl (C=O) groups excluding carboxylic acids is 1. The highest BCUT2D eigenvalue weighted by molar-refractivity contribution is 5.76. The van der Waals surface area contributed by atoms with Crippen molar-refractivity contribution >= 4 is 5.91 Å². The Kier molecular flexibility index (Phi) is 6.71. The van der Waals surface area contributed by atoms with Crippen LogP contribution in [0.2, 0.25) is 0 Å². The van der Waals surface area contributed by atoms with Crippen molar-refractivity contribution in [3.8, 4) is 11.5 Å². The Morgan fingerprint density at radius 3 is 2.41 bits per heavy atom. The number of ether oxygens (including phenoxy) is 2. The van der Waals surface area contributed by atoms with Crippen molar-refractivity contribution in [3.63, 3.8) is 0 Å². The number of benzene rings is 2. The van der Waals surface area contributed by atoms with Crippen LogP contribution in [0.3, 0.4) is 0 Å². The number of likely N-dealkylation sites (tertiary alicyclic amines) is 1. The highest BCUT2D eigenvalue weighted by Crippen LogP contribution is 2.28. The van der Waals surface area contributed by atoms with Crippen LogP contribution in [0.5, 0.6) is 11.5 Å². The fraction of sp³-hybridized carbons (Fsp3) is 0.409. The van der Waals surface area contributed by atoms with Gasteiger partial charge in [-0.2, -0.15) is 0 Å². The molecule has 144 valence electrons. The second kappa shape index (κ2) is 9.42. The topological polar surface area (TPSA) is 64.8 Å². The molecule has 1 aliphatic rings. The SMILES string of the molecule is CCOc1ccccc1OCCCC(=O)N1C[C@@H](N)[C@H](c2ccccc2)C1. The normalized spacial score (nSPS) is 19.1. The molecule has 0 spiro atoms. The van der Waals surface area contributed by atoms with E-state index in [1.165, 1.54) is 5.56 Å². The maximum absolute atomic E-state index is 12.5. The number of hydrogen-bond donors (Lipinski definition) is 1. The molecule has 2 aromatic rings. The highest BCUT2D eigenvalue weighted by Gasteiger charge is 2.33. The first-order chi connectivity index (χ1) is 13.2. The van der Waals surface area contributed by atoms with Gasteiger partial charge in [0.15, 0.2) is 11.5 Å². The zero-order chi connectivity index (χ0) is 19.1. The Morgan fingerprint density at radius 2 is 1.70 bits per heavy atom. The summed E-state index contributed by atoms with van der Waals surface area (Å²) in [6.07, 6.45) is 1.13. The largest absolute Gasteiger partial charge is 0.490 e. The Balaban J connectivity index is 1.45. The van der Waals surface area contributed by atoms with Gasteiger partial charge in [-0.1, -0.05) is 42.5 Å². The van der Waals surface area contributed by atoms with Gasteiger partial charge in [0, 0.05) is 31.5 Å². The lowest BCUT2D eigenvalue weighted by Gasteiger charge is -2.17. The van der Waals surface area contributed by atoms with Gasteiger partial charge in [0.1, 0.15) is 0 Å². The fourth-order valence-electron chi connectivity index (χ4n) is 3.49. The lowest BCUT2D eigenvalue weighted by molar-refractivity contribution is -0.130. The van der Waals surface area contributed by atoms with E-state index in [-0.39, 0.29) is 17.9 Å². The molecule has 2 aromatic carbocycles. The maximum atomic E-state index is 12.5. The van der Waals surface area contributed by atoms with Gasteiger partial charge in [-0.25, -0.2) is 0 Å². The molecule has 0 radical (unpaired) electrons. The van der Waals surface area contributed by atoms with Crippen molar-refractivity contribution in [3.05, 3.63) is 60.2 Å². The van der Waals surface area contributed by atoms with E-state index in [0.29, 0.717) is 39.1 Å². The summed E-state index contributed by atoms with van der Waals surface area (Å²) in [7, 11) is 0. The molecule has 27 heavy (non-hydrogen) atoms. The minimum atomic E-state index is -0.00864. The lowest BCUT2D eigenvalue weighted by Crippen LogP contribution is -2.32. The second-order valence-electron chi connectivity index (χ2n) is 6.81. The van der Waals surface area contributed by atoms with Crippen molar-refractivity contribution in [2.75, 3.05) is 26.3 Å². The summed E-state index contributed by atoms with van der Waals surface area (Å²) in [6.45, 7) is 4.33. The summed E-state index contributed by atoms with van der Waals surface area (Å²) in [5.41, 5.74) is 7.49. The van der Waals surface area contributed by atoms with E-state index in [4.69, 9.17) is 15.2 Å². The molecule has 5 heteroatoms. The molecule has 0 unspecified atom stereocenters. The number of rotatable bonds is 8. The molecule has 1 amide bonds. The number of nitrogens with zero attached hydrogens (tertiary/aromatic N) is 1. The fourth-order valence-corrected chi connectivity index (χ4v) is 3.49. The zero-order valence-corrected chi connectivity index (χ0v) is 15.8. The van der Waals surface area contributed by atoms with Crippen LogP contribution in [0.15, 0.2) is 54.6 Å². The van der Waals surface area contributed by atoms with Crippen molar-refractivity contribution in [1.29, 1.82) is 0 Å². The quantitative estimate of drug-likeness (QED) is 0.727. The van der Waals surface area contributed by atoms with Gasteiger partial charge < -0.3 is 20.1 Å². The maximum Gasteiger partial charge on any atom is 0.222 e. The smallest absolute Gasteiger partial charge is 0.222 e. The van der Waals surface area contributed by atoms with Crippen LogP contribution >= 0.6 is 0 Å². The third-order valence-electron chi connectivity index (χ3n) is 4.89. The molecular formula is C22H28N2O3. The molecule has 3 rings (SSSR count). The van der Waals surface area contributed by atoms with Crippen molar-refractivity contribution < 1.29 is 14.3 Å². The van der Waals surface area contributed by atoms with Gasteiger partial charge in [-0.05, 0) is 31.0 Å². The number of amides is 1. The Morgan fingerprint density at radius 1 is 1.04 bits per heavy atom. The van der Waals surface area contributed by atoms with E-state index >= 15 is 0 Å². The van der Waals surface area contributed by atoms with E-state index in [1.807, 2.05) is 54.3 Å². The number of carbonyl (C=O) groups is 1. The summed E-state index contributed by atoms with van der Waals surface area (Å²) < 4.78 is 11.3. The lowest BCUT2D eigenvalue weighted by atomic mass is 9.95. The van der Waals surface area contributed by atoms with E-state index in [1.54, 1.807) is 0 Å². The molecule has 0 saturated carbocycles. The van der Waals surface area contributed by atoms with Crippen LogP contribution in [0.25, 0.3) is 0 Å². The number of para-hydroxylation sites is 2. The molecule has 5 nitrogen and oxygen atoms in total. The van der Waals surface area contributed by atoms with Gasteiger partial charge in [0.25, 0.3) is 0 Å². The minimum absolute atomic E-state index is 0.00864. The summed E-state index contributed by atoms with van der Waals surface area (Å²) in [5, 5.41) is 0. The molecule has 1 fully saturated rings. The van der Waals surface area contributed by atoms with Crippen molar-refractivity contribution in [2.45, 2.75) is 31.7 Å². The summed E-state index contributed by atoms with van der Waals surface area (Å²) in [5.74, 6) is 1.82. The first-order valence-corrected chi connectivity index (χ1v) is 9.62. The van der Waals surface area contributed by atoms with Crippen LogP contribution in [-0.2, 0) is 4.79 Å². The van der Waals surface area contributed by atoms with Crippen LogP contribution in [-0.4, -0.2) is 43.2 Å². The van der Waals surface area contributed by atoms with E-state index in [9.17, 15) is 4.79 Å². The highest BCUT2D eigenvalue weighted by atomic mass is 16.5. The van der Waals surface area contributed by atoms with Crippen LogP contribution in [0, 0.1) is 0 Å². The van der Waals surface area contributed by atoms with Gasteiger partial charge >= 0.3 is 0 Å². The van der Waals surface area contributed by atoms with Crippen LogP contribution in [0.1, 0.15) is 31.2 Å². The molecular weight excluding hydrogens is 340 g/mol. The van der Waals surface area contributed by atoms with E-state index < -0.39 is 0 Å². The zero-order valence-electron chi connectivity index (χ0n) is 15.8. The van der Waals surface area contributed by atoms with Crippen molar-refractivity contribution in [1.82, 2.24) is 4.90 Å². The predicted molar refractivity (Wildman–Crippen MR) is 106 cm³/mol. The van der Waals surface area contributed by atoms with E-state index in [0.717, 1.165) is 11.5 Å². The molecule has 1 saturated heterocycles. The Bertz CT molecular complexity index is 735. The number of hydrogen-bond acceptors (Lipinski definition) is 4. The first kappa shape index (κ1) is 19.2. The average molecular weight is 368 g/mol. The van der Waals surface area contributed by atoms with Crippen LogP contribution in [0.4, 0.5) is 0 Å². The second-order valence-corrected chi connectivity index (χ2v) is 6.81. The van der Waals surface area contributed by atoms with E-state index in [2.05, 4.69) is 12.1 Å². The summed E-state index contributed by atoms with van der Waals surface area (Å²) in [4.78, 5) is 14.4. The first-order valence-electron chi connectivity index (χ1n) is 9.62. The number of nitrogens with two attached hydrogens (primary N) is 1. The standard InChI is InChI=1S/C22H28N2O3/c1-2-26-20-11-6-7-12-21(20)27-14-8-13-22(25)24-15-18(19(23)16-24)17-9-4-3-5-10-17/h3-7,9-12,18-19H,2,8,13-16,23H2,1H3/t18-,19+/m0/s1. The van der Waals surface area contributed by atoms with Crippen LogP contribution < -0.4 is 15.2 Å². The summed E-state index contributed by atoms with van der Waals surface area (Å²) in [6, 6.07) is 17.8. The molecule has 2 atom stereocenters. The molecule has 1 heterocycles. The Hall–Kier alpha value is -2.53. The van der Waals surface area contributed by atoms with Crippen molar-refractivity contribution in [2.24, 2.45) is 5.73 Å². The monoisotopic (exact) mass is 368 g/mol. The Labute approximate surface area is 161 Å².